The van der Waals surface area contributed by atoms with Crippen molar-refractivity contribution in [3.63, 3.8) is 0 Å². The van der Waals surface area contributed by atoms with Crippen LogP contribution in [0.1, 0.15) is 10.5 Å². The Labute approximate surface area is 224 Å². The average molecular weight is 577 g/mol. The Hall–Kier alpha value is -4.51. The molecule has 2 N–H and O–H groups in total. The van der Waals surface area contributed by atoms with Crippen molar-refractivity contribution in [1.82, 2.24) is 14.7 Å². The highest BCUT2D eigenvalue weighted by atomic mass is 79.9. The molecule has 1 atom stereocenters. The fourth-order valence-corrected chi connectivity index (χ4v) is 4.76. The summed E-state index contributed by atoms with van der Waals surface area (Å²) in [5.74, 6) is 1.20. The minimum absolute atomic E-state index is 0.205. The lowest BCUT2D eigenvalue weighted by Crippen LogP contribution is -2.34. The molecule has 5 aromatic rings. The summed E-state index contributed by atoms with van der Waals surface area (Å²) in [4.78, 5) is 27.4. The molecule has 3 aromatic carbocycles. The van der Waals surface area contributed by atoms with Crippen LogP contribution in [-0.2, 0) is 7.05 Å². The Kier molecular flexibility index (Phi) is 6.12. The Morgan fingerprint density at radius 3 is 2.82 bits per heavy atom. The van der Waals surface area contributed by atoms with Crippen LogP contribution in [0.5, 0.6) is 17.2 Å². The summed E-state index contributed by atoms with van der Waals surface area (Å²) in [6.45, 7) is 0.651. The third kappa shape index (κ3) is 4.52. The van der Waals surface area contributed by atoms with Crippen LogP contribution in [0.2, 0.25) is 0 Å². The van der Waals surface area contributed by atoms with Gasteiger partial charge in [-0.2, -0.15) is 0 Å². The second-order valence-electron chi connectivity index (χ2n) is 8.68. The molecule has 2 aromatic heterocycles. The number of nitrogens with zero attached hydrogens (tertiary/aromatic N) is 2. The molecule has 0 saturated heterocycles. The Morgan fingerprint density at radius 2 is 2.00 bits per heavy atom. The normalized spacial score (nSPS) is 14.4. The van der Waals surface area contributed by atoms with E-state index in [1.165, 1.54) is 0 Å². The predicted octanol–water partition coefficient (Wildman–Crippen LogP) is 4.76. The number of nitrogens with one attached hydrogen (secondary N) is 2. The van der Waals surface area contributed by atoms with E-state index >= 15 is 0 Å². The first-order chi connectivity index (χ1) is 18.5. The van der Waals surface area contributed by atoms with Gasteiger partial charge in [0.1, 0.15) is 24.7 Å². The number of carbonyl (C=O) groups is 1. The second kappa shape index (κ2) is 9.75. The van der Waals surface area contributed by atoms with Gasteiger partial charge in [-0.1, -0.05) is 45.4 Å². The van der Waals surface area contributed by atoms with E-state index in [0.717, 1.165) is 15.4 Å². The molecule has 11 heteroatoms. The highest BCUT2D eigenvalue weighted by molar-refractivity contribution is 9.10. The zero-order chi connectivity index (χ0) is 26.2. The van der Waals surface area contributed by atoms with Gasteiger partial charge in [0.2, 0.25) is 0 Å². The third-order valence-corrected chi connectivity index (χ3v) is 6.66. The Bertz CT molecular complexity index is 1720. The van der Waals surface area contributed by atoms with Gasteiger partial charge in [0.15, 0.2) is 23.4 Å². The number of rotatable bonds is 6. The first kappa shape index (κ1) is 23.9. The highest BCUT2D eigenvalue weighted by Crippen LogP contribution is 2.33. The number of aromatic amines is 1. The average Bonchev–Trinajstić information content (AvgIpc) is 3.51. The molecule has 0 aliphatic carbocycles. The summed E-state index contributed by atoms with van der Waals surface area (Å²) in [7, 11) is 1.80. The smallest absolute Gasteiger partial charge is 0.439 e. The van der Waals surface area contributed by atoms with Crippen molar-refractivity contribution in [2.24, 2.45) is 7.05 Å². The summed E-state index contributed by atoms with van der Waals surface area (Å²) in [6.07, 6.45) is -0.276. The van der Waals surface area contributed by atoms with Gasteiger partial charge in [0.25, 0.3) is 5.91 Å². The van der Waals surface area contributed by atoms with Gasteiger partial charge >= 0.3 is 5.76 Å². The predicted molar refractivity (Wildman–Crippen MR) is 143 cm³/mol. The van der Waals surface area contributed by atoms with Crippen LogP contribution in [0.15, 0.2) is 80.5 Å². The van der Waals surface area contributed by atoms with E-state index in [1.54, 1.807) is 35.9 Å². The first-order valence-electron chi connectivity index (χ1n) is 11.7. The topological polar surface area (TPSA) is 121 Å². The van der Waals surface area contributed by atoms with Crippen molar-refractivity contribution in [3.05, 3.63) is 87.4 Å². The number of aryl methyl sites for hydroxylation is 1. The standard InChI is InChI=1S/C27H21BrN4O6/c1-32-20(26(33)29-19-10-9-16(28)12-18(19)25-30-27(34)38-31-25)11-15-5-4-8-23(24(15)32)36-14-17-13-35-21-6-2-3-7-22(21)37-17/h2-12,17H,13-14H2,1H3,(H,29,33)(H,30,31,34). The monoisotopic (exact) mass is 576 g/mol. The molecule has 0 bridgehead atoms. The van der Waals surface area contributed by atoms with E-state index in [4.69, 9.17) is 14.2 Å². The lowest BCUT2D eigenvalue weighted by atomic mass is 10.1. The summed E-state index contributed by atoms with van der Waals surface area (Å²) in [5, 5.41) is 7.51. The first-order valence-corrected chi connectivity index (χ1v) is 12.5. The number of carbonyl (C=O) groups excluding carboxylic acids is 1. The van der Waals surface area contributed by atoms with E-state index in [-0.39, 0.29) is 24.4 Å². The second-order valence-corrected chi connectivity index (χ2v) is 9.59. The summed E-state index contributed by atoms with van der Waals surface area (Å²) < 4.78 is 25.1. The van der Waals surface area contributed by atoms with E-state index in [0.29, 0.717) is 40.8 Å². The molecule has 0 fully saturated rings. The minimum Gasteiger partial charge on any atom is -0.487 e. The van der Waals surface area contributed by atoms with Crippen LogP contribution in [0, 0.1) is 0 Å². The summed E-state index contributed by atoms with van der Waals surface area (Å²) in [5.41, 5.74) is 2.15. The van der Waals surface area contributed by atoms with Gasteiger partial charge in [-0.15, -0.1) is 0 Å². The number of aromatic nitrogens is 3. The van der Waals surface area contributed by atoms with Gasteiger partial charge < -0.3 is 24.1 Å². The maximum Gasteiger partial charge on any atom is 0.439 e. The molecule has 1 aliphatic rings. The van der Waals surface area contributed by atoms with Crippen LogP contribution in [0.25, 0.3) is 22.3 Å². The zero-order valence-electron chi connectivity index (χ0n) is 20.1. The molecule has 192 valence electrons. The van der Waals surface area contributed by atoms with Crippen molar-refractivity contribution in [1.29, 1.82) is 0 Å². The number of halogens is 1. The molecule has 6 rings (SSSR count). The van der Waals surface area contributed by atoms with Crippen LogP contribution >= 0.6 is 15.9 Å². The van der Waals surface area contributed by atoms with Crippen molar-refractivity contribution in [2.45, 2.75) is 6.10 Å². The van der Waals surface area contributed by atoms with Gasteiger partial charge in [0, 0.05) is 22.5 Å². The molecule has 1 amide bonds. The maximum atomic E-state index is 13.4. The molecule has 38 heavy (non-hydrogen) atoms. The molecule has 10 nitrogen and oxygen atoms in total. The quantitative estimate of drug-likeness (QED) is 0.299. The number of benzene rings is 3. The highest BCUT2D eigenvalue weighted by Gasteiger charge is 2.23. The van der Waals surface area contributed by atoms with Crippen molar-refractivity contribution in [2.75, 3.05) is 18.5 Å². The Morgan fingerprint density at radius 1 is 1.16 bits per heavy atom. The van der Waals surface area contributed by atoms with Crippen LogP contribution in [-0.4, -0.2) is 39.9 Å². The van der Waals surface area contributed by atoms with E-state index < -0.39 is 5.76 Å². The molecular weight excluding hydrogens is 556 g/mol. The van der Waals surface area contributed by atoms with Gasteiger partial charge in [0.05, 0.1) is 11.2 Å². The van der Waals surface area contributed by atoms with E-state index in [1.807, 2.05) is 42.5 Å². The number of hydrogen-bond donors (Lipinski definition) is 2. The van der Waals surface area contributed by atoms with Gasteiger partial charge in [-0.3, -0.25) is 14.3 Å². The van der Waals surface area contributed by atoms with E-state index in [9.17, 15) is 9.59 Å². The number of para-hydroxylation sites is 3. The number of anilines is 1. The minimum atomic E-state index is -0.687. The number of amides is 1. The zero-order valence-corrected chi connectivity index (χ0v) is 21.7. The third-order valence-electron chi connectivity index (χ3n) is 6.17. The molecule has 0 radical (unpaired) electrons. The van der Waals surface area contributed by atoms with Crippen molar-refractivity contribution < 1.29 is 23.5 Å². The Balaban J connectivity index is 1.24. The largest absolute Gasteiger partial charge is 0.487 e. The summed E-state index contributed by atoms with van der Waals surface area (Å²) in [6, 6.07) is 20.2. The molecule has 1 aliphatic heterocycles. The van der Waals surface area contributed by atoms with Gasteiger partial charge in [-0.25, -0.2) is 4.79 Å². The van der Waals surface area contributed by atoms with E-state index in [2.05, 4.69) is 35.9 Å². The lowest BCUT2D eigenvalue weighted by Gasteiger charge is -2.26. The van der Waals surface area contributed by atoms with Crippen molar-refractivity contribution in [3.8, 4) is 28.6 Å². The lowest BCUT2D eigenvalue weighted by molar-refractivity contribution is 0.0539. The van der Waals surface area contributed by atoms with Crippen LogP contribution < -0.4 is 25.3 Å². The van der Waals surface area contributed by atoms with Crippen LogP contribution in [0.3, 0.4) is 0 Å². The number of ether oxygens (including phenoxy) is 3. The fourth-order valence-electron chi connectivity index (χ4n) is 4.40. The number of fused-ring (bicyclic) bond motifs is 2. The number of hydrogen-bond acceptors (Lipinski definition) is 7. The summed E-state index contributed by atoms with van der Waals surface area (Å²) >= 11 is 3.41. The van der Waals surface area contributed by atoms with Crippen molar-refractivity contribution >= 4 is 38.4 Å². The maximum absolute atomic E-state index is 13.4. The molecule has 0 spiro atoms. The fraction of sp³-hybridized carbons (Fsp3) is 0.148. The molecule has 0 saturated carbocycles. The SMILES string of the molecule is Cn1c(C(=O)Nc2ccc(Br)cc2-c2noc(=O)[nH]2)cc2cccc(OCC3COc4ccccc4O3)c21. The molecular formula is C27H21BrN4O6. The molecule has 3 heterocycles. The van der Waals surface area contributed by atoms with Crippen LogP contribution in [0.4, 0.5) is 5.69 Å². The van der Waals surface area contributed by atoms with Gasteiger partial charge in [-0.05, 0) is 42.5 Å². The molecule has 1 unspecified atom stereocenters. The number of H-pyrrole nitrogens is 1.